The number of likely N-dealkylation sites (tertiary alicyclic amines) is 1. The van der Waals surface area contributed by atoms with Crippen LogP contribution in [0.1, 0.15) is 17.7 Å². The molecule has 0 unspecified atom stereocenters. The molecule has 0 saturated carbocycles. The fourth-order valence-corrected chi connectivity index (χ4v) is 2.80. The monoisotopic (exact) mass is 255 g/mol. The van der Waals surface area contributed by atoms with Gasteiger partial charge in [0.25, 0.3) is 0 Å². The number of hydrogen-bond donors (Lipinski definition) is 1. The molecule has 2 rings (SSSR count). The Morgan fingerprint density at radius 2 is 2.18 bits per heavy atom. The highest BCUT2D eigenvalue weighted by Gasteiger charge is 2.11. The first-order valence-electron chi connectivity index (χ1n) is 5.92. The fourth-order valence-electron chi connectivity index (χ4n) is 2.01. The Morgan fingerprint density at radius 3 is 2.82 bits per heavy atom. The van der Waals surface area contributed by atoms with Crippen LogP contribution in [0.15, 0.2) is 12.1 Å². The lowest BCUT2D eigenvalue weighted by molar-refractivity contribution is -0.380. The van der Waals surface area contributed by atoms with E-state index in [9.17, 15) is 10.1 Å². The Labute approximate surface area is 105 Å². The molecule has 1 aromatic heterocycles. The van der Waals surface area contributed by atoms with Crippen molar-refractivity contribution in [1.82, 2.24) is 10.2 Å². The Balaban J connectivity index is 1.65. The molecule has 1 aliphatic heterocycles. The maximum absolute atomic E-state index is 10.5. The number of nitro groups is 1. The summed E-state index contributed by atoms with van der Waals surface area (Å²) in [7, 11) is 0. The van der Waals surface area contributed by atoms with Crippen LogP contribution >= 0.6 is 11.3 Å². The lowest BCUT2D eigenvalue weighted by Crippen LogP contribution is -2.29. The average Bonchev–Trinajstić information content (AvgIpc) is 2.96. The molecular formula is C11H17N3O2S. The van der Waals surface area contributed by atoms with Crippen molar-refractivity contribution in [2.45, 2.75) is 19.4 Å². The maximum atomic E-state index is 10.5. The zero-order valence-corrected chi connectivity index (χ0v) is 10.5. The van der Waals surface area contributed by atoms with Crippen LogP contribution in [0.4, 0.5) is 5.00 Å². The van der Waals surface area contributed by atoms with Crippen molar-refractivity contribution in [1.29, 1.82) is 0 Å². The summed E-state index contributed by atoms with van der Waals surface area (Å²) in [6, 6.07) is 3.40. The highest BCUT2D eigenvalue weighted by molar-refractivity contribution is 7.15. The van der Waals surface area contributed by atoms with E-state index in [2.05, 4.69) is 10.2 Å². The quantitative estimate of drug-likeness (QED) is 0.479. The fraction of sp³-hybridized carbons (Fsp3) is 0.636. The maximum Gasteiger partial charge on any atom is 0.324 e. The number of thiophene rings is 1. The first-order valence-corrected chi connectivity index (χ1v) is 6.73. The Morgan fingerprint density at radius 1 is 1.41 bits per heavy atom. The second-order valence-electron chi connectivity index (χ2n) is 4.22. The zero-order chi connectivity index (χ0) is 12.1. The summed E-state index contributed by atoms with van der Waals surface area (Å²) in [5.74, 6) is 0. The van der Waals surface area contributed by atoms with Crippen LogP contribution in [-0.4, -0.2) is 36.0 Å². The third-order valence-electron chi connectivity index (χ3n) is 2.93. The lowest BCUT2D eigenvalue weighted by Gasteiger charge is -2.14. The van der Waals surface area contributed by atoms with Gasteiger partial charge in [-0.2, -0.15) is 0 Å². The second kappa shape index (κ2) is 6.09. The first-order chi connectivity index (χ1) is 8.25. The molecule has 2 heterocycles. The lowest BCUT2D eigenvalue weighted by atomic mass is 10.4. The van der Waals surface area contributed by atoms with Gasteiger partial charge in [-0.25, -0.2) is 0 Å². The Kier molecular flexibility index (Phi) is 4.47. The number of hydrogen-bond acceptors (Lipinski definition) is 5. The molecule has 17 heavy (non-hydrogen) atoms. The number of rotatable bonds is 6. The van der Waals surface area contributed by atoms with Gasteiger partial charge in [0.2, 0.25) is 0 Å². The molecule has 0 bridgehead atoms. The topological polar surface area (TPSA) is 58.4 Å². The van der Waals surface area contributed by atoms with Gasteiger partial charge >= 0.3 is 5.00 Å². The third kappa shape index (κ3) is 3.76. The van der Waals surface area contributed by atoms with Gasteiger partial charge in [-0.05, 0) is 32.0 Å². The standard InChI is InChI=1S/C11H17N3O2S/c15-14(16)11-4-3-10(17-11)9-12-5-8-13-6-1-2-7-13/h3-4,12H,1-2,5-9H2. The van der Waals surface area contributed by atoms with Gasteiger partial charge in [0.05, 0.1) is 4.92 Å². The van der Waals surface area contributed by atoms with Crippen LogP contribution in [0.25, 0.3) is 0 Å². The molecule has 0 spiro atoms. The molecule has 1 fully saturated rings. The van der Waals surface area contributed by atoms with Crippen molar-refractivity contribution in [3.63, 3.8) is 0 Å². The van der Waals surface area contributed by atoms with Crippen LogP contribution < -0.4 is 5.32 Å². The molecule has 1 N–H and O–H groups in total. The normalized spacial score (nSPS) is 16.5. The molecule has 5 nitrogen and oxygen atoms in total. The van der Waals surface area contributed by atoms with Crippen LogP contribution in [0.3, 0.4) is 0 Å². The highest BCUT2D eigenvalue weighted by Crippen LogP contribution is 2.23. The van der Waals surface area contributed by atoms with Gasteiger partial charge < -0.3 is 10.2 Å². The van der Waals surface area contributed by atoms with Crippen molar-refractivity contribution in [3.8, 4) is 0 Å². The molecule has 0 aromatic carbocycles. The van der Waals surface area contributed by atoms with Crippen molar-refractivity contribution >= 4 is 16.3 Å². The van der Waals surface area contributed by atoms with Crippen LogP contribution in [0, 0.1) is 10.1 Å². The summed E-state index contributed by atoms with van der Waals surface area (Å²) < 4.78 is 0. The van der Waals surface area contributed by atoms with Crippen LogP contribution in [-0.2, 0) is 6.54 Å². The molecule has 1 aromatic rings. The van der Waals surface area contributed by atoms with Gasteiger partial charge in [0.1, 0.15) is 0 Å². The van der Waals surface area contributed by atoms with Gasteiger partial charge in [-0.1, -0.05) is 11.3 Å². The molecule has 0 amide bonds. The van der Waals surface area contributed by atoms with Crippen molar-refractivity contribution in [2.75, 3.05) is 26.2 Å². The van der Waals surface area contributed by atoms with Crippen LogP contribution in [0.5, 0.6) is 0 Å². The third-order valence-corrected chi connectivity index (χ3v) is 3.97. The number of nitrogens with zero attached hydrogens (tertiary/aromatic N) is 2. The molecule has 0 radical (unpaired) electrons. The largest absolute Gasteiger partial charge is 0.324 e. The van der Waals surface area contributed by atoms with Gasteiger partial charge in [-0.15, -0.1) is 0 Å². The Bertz CT molecular complexity index is 375. The van der Waals surface area contributed by atoms with E-state index in [1.807, 2.05) is 6.07 Å². The van der Waals surface area contributed by atoms with E-state index in [1.54, 1.807) is 6.07 Å². The molecule has 6 heteroatoms. The minimum Gasteiger partial charge on any atom is -0.311 e. The van der Waals surface area contributed by atoms with Gasteiger partial charge in [0.15, 0.2) is 0 Å². The Hall–Kier alpha value is -0.980. The molecule has 1 aliphatic rings. The SMILES string of the molecule is O=[N+]([O-])c1ccc(CNCCN2CCCC2)s1. The predicted octanol–water partition coefficient (Wildman–Crippen LogP) is 1.84. The summed E-state index contributed by atoms with van der Waals surface area (Å²) in [5, 5.41) is 14.1. The van der Waals surface area contributed by atoms with E-state index in [0.717, 1.165) is 24.5 Å². The zero-order valence-electron chi connectivity index (χ0n) is 9.72. The van der Waals surface area contributed by atoms with Gasteiger partial charge in [-0.3, -0.25) is 10.1 Å². The number of nitrogens with one attached hydrogen (secondary N) is 1. The molecule has 0 aliphatic carbocycles. The predicted molar refractivity (Wildman–Crippen MR) is 68.4 cm³/mol. The van der Waals surface area contributed by atoms with E-state index < -0.39 is 0 Å². The van der Waals surface area contributed by atoms with Gasteiger partial charge in [0, 0.05) is 30.6 Å². The molecule has 1 saturated heterocycles. The van der Waals surface area contributed by atoms with E-state index in [4.69, 9.17) is 0 Å². The van der Waals surface area contributed by atoms with E-state index in [1.165, 1.54) is 37.3 Å². The molecule has 94 valence electrons. The minimum atomic E-state index is -0.335. The van der Waals surface area contributed by atoms with Crippen molar-refractivity contribution < 1.29 is 4.92 Å². The van der Waals surface area contributed by atoms with E-state index in [0.29, 0.717) is 0 Å². The smallest absolute Gasteiger partial charge is 0.311 e. The summed E-state index contributed by atoms with van der Waals surface area (Å²) in [6.07, 6.45) is 2.63. The van der Waals surface area contributed by atoms with Crippen LogP contribution in [0.2, 0.25) is 0 Å². The van der Waals surface area contributed by atoms with Crippen molar-refractivity contribution in [2.24, 2.45) is 0 Å². The molecular weight excluding hydrogens is 238 g/mol. The minimum absolute atomic E-state index is 0.223. The first kappa shape index (κ1) is 12.5. The van der Waals surface area contributed by atoms with Crippen molar-refractivity contribution in [3.05, 3.63) is 27.1 Å². The highest BCUT2D eigenvalue weighted by atomic mass is 32.1. The summed E-state index contributed by atoms with van der Waals surface area (Å²) in [6.45, 7) is 5.18. The van der Waals surface area contributed by atoms with E-state index in [-0.39, 0.29) is 9.92 Å². The van der Waals surface area contributed by atoms with E-state index >= 15 is 0 Å². The average molecular weight is 255 g/mol. The second-order valence-corrected chi connectivity index (χ2v) is 5.37. The summed E-state index contributed by atoms with van der Waals surface area (Å²) in [4.78, 5) is 13.6. The molecule has 0 atom stereocenters. The summed E-state index contributed by atoms with van der Waals surface area (Å²) >= 11 is 1.25. The summed E-state index contributed by atoms with van der Waals surface area (Å²) in [5.41, 5.74) is 0.